The van der Waals surface area contributed by atoms with Gasteiger partial charge in [-0.1, -0.05) is 71.8 Å². The van der Waals surface area contributed by atoms with Gasteiger partial charge in [0.15, 0.2) is 0 Å². The Balaban J connectivity index is 0.000000296. The van der Waals surface area contributed by atoms with Crippen LogP contribution >= 0.6 is 11.6 Å². The van der Waals surface area contributed by atoms with Gasteiger partial charge in [-0.05, 0) is 75.4 Å². The first-order valence-electron chi connectivity index (χ1n) is 14.6. The second-order valence-electron chi connectivity index (χ2n) is 11.1. The van der Waals surface area contributed by atoms with Crippen molar-refractivity contribution in [3.8, 4) is 22.5 Å². The first-order chi connectivity index (χ1) is 21.2. The molecular formula is C34H36ClN5O3S. The molecule has 8 nitrogen and oxygen atoms in total. The van der Waals surface area contributed by atoms with E-state index in [0.717, 1.165) is 53.8 Å². The summed E-state index contributed by atoms with van der Waals surface area (Å²) in [5.74, 6) is 0.425. The molecule has 0 spiro atoms. The normalized spacial score (nSPS) is 17.4. The lowest BCUT2D eigenvalue weighted by Gasteiger charge is -2.31. The molecule has 1 fully saturated rings. The van der Waals surface area contributed by atoms with E-state index < -0.39 is 10.1 Å². The molecule has 1 aliphatic rings. The van der Waals surface area contributed by atoms with Crippen LogP contribution in [0, 0.1) is 6.92 Å². The Morgan fingerprint density at radius 3 is 2.23 bits per heavy atom. The first kappa shape index (κ1) is 31.5. The van der Waals surface area contributed by atoms with Crippen molar-refractivity contribution < 1.29 is 13.0 Å². The Morgan fingerprint density at radius 1 is 0.932 bits per heavy atom. The Morgan fingerprint density at radius 2 is 1.61 bits per heavy atom. The monoisotopic (exact) mass is 629 g/mol. The molecule has 228 valence electrons. The Hall–Kier alpha value is -3.89. The smallest absolute Gasteiger partial charge is 0.294 e. The summed E-state index contributed by atoms with van der Waals surface area (Å²) in [7, 11) is -4.02. The molecular weight excluding hydrogens is 594 g/mol. The number of aryl methyl sites for hydroxylation is 1. The van der Waals surface area contributed by atoms with E-state index in [1.54, 1.807) is 24.7 Å². The number of aromatic nitrogens is 4. The molecule has 0 radical (unpaired) electrons. The van der Waals surface area contributed by atoms with Crippen LogP contribution in [0.2, 0.25) is 5.02 Å². The van der Waals surface area contributed by atoms with Gasteiger partial charge in [0.1, 0.15) is 12.0 Å². The number of rotatable bonds is 7. The third kappa shape index (κ3) is 7.98. The number of hydrogen-bond donors (Lipinski definition) is 3. The standard InChI is InChI=1S/C27H28ClN5.C7H8O3S/c1-18(19-5-3-2-4-6-19)31-23-13-9-21(10-14-23)27-25(24-15-16-29-17-30-24)26(32-33-27)20-7-11-22(28)12-8-20;1-6-2-4-7(5-3-6)11(8,9)10/h2-8,11-12,15-18,21,23,31H,9-10,13-14H2,1H3,(H,32,33);2-5H,1H3,(H,8,9,10)/t18-,21?,23?;/m1./s1. The van der Waals surface area contributed by atoms with Gasteiger partial charge in [0.25, 0.3) is 10.1 Å². The molecule has 2 heterocycles. The molecule has 0 saturated heterocycles. The molecule has 1 atom stereocenters. The van der Waals surface area contributed by atoms with Crippen molar-refractivity contribution in [3.63, 3.8) is 0 Å². The van der Waals surface area contributed by atoms with E-state index in [9.17, 15) is 8.42 Å². The van der Waals surface area contributed by atoms with Gasteiger partial charge in [-0.3, -0.25) is 9.65 Å². The van der Waals surface area contributed by atoms with Gasteiger partial charge >= 0.3 is 0 Å². The van der Waals surface area contributed by atoms with Crippen LogP contribution in [-0.2, 0) is 10.1 Å². The second kappa shape index (κ2) is 14.3. The summed E-state index contributed by atoms with van der Waals surface area (Å²) in [6.07, 6.45) is 7.89. The van der Waals surface area contributed by atoms with Gasteiger partial charge in [-0.2, -0.15) is 13.5 Å². The molecule has 2 aromatic heterocycles. The zero-order valence-corrected chi connectivity index (χ0v) is 26.3. The summed E-state index contributed by atoms with van der Waals surface area (Å²) >= 11 is 6.12. The van der Waals surface area contributed by atoms with E-state index >= 15 is 0 Å². The van der Waals surface area contributed by atoms with Crippen molar-refractivity contribution in [2.75, 3.05) is 0 Å². The lowest BCUT2D eigenvalue weighted by Crippen LogP contribution is -2.34. The lowest BCUT2D eigenvalue weighted by molar-refractivity contribution is 0.319. The number of nitrogens with one attached hydrogen (secondary N) is 2. The maximum Gasteiger partial charge on any atom is 0.294 e. The zero-order chi connectivity index (χ0) is 31.1. The SMILES string of the molecule is C[C@@H](NC1CCC(c2[nH]nc(-c3ccc(Cl)cc3)c2-c2ccncn2)CC1)c1ccccc1.Cc1ccc(S(=O)(=O)O)cc1. The summed E-state index contributed by atoms with van der Waals surface area (Å²) in [6.45, 7) is 4.09. The van der Waals surface area contributed by atoms with E-state index in [1.807, 2.05) is 37.3 Å². The minimum absolute atomic E-state index is 0.0666. The van der Waals surface area contributed by atoms with Gasteiger partial charge in [-0.15, -0.1) is 0 Å². The van der Waals surface area contributed by atoms with Crippen molar-refractivity contribution in [1.82, 2.24) is 25.5 Å². The summed E-state index contributed by atoms with van der Waals surface area (Å²) in [4.78, 5) is 8.60. The number of halogens is 1. The molecule has 10 heteroatoms. The molecule has 1 aliphatic carbocycles. The third-order valence-electron chi connectivity index (χ3n) is 7.99. The molecule has 44 heavy (non-hydrogen) atoms. The largest absolute Gasteiger partial charge is 0.307 e. The number of hydrogen-bond acceptors (Lipinski definition) is 6. The third-order valence-corrected chi connectivity index (χ3v) is 9.11. The Labute approximate surface area is 263 Å². The molecule has 3 aromatic carbocycles. The van der Waals surface area contributed by atoms with Crippen molar-refractivity contribution in [2.24, 2.45) is 0 Å². The highest BCUT2D eigenvalue weighted by Gasteiger charge is 2.29. The van der Waals surface area contributed by atoms with Crippen LogP contribution in [0.15, 0.2) is 102 Å². The number of benzene rings is 3. The van der Waals surface area contributed by atoms with Gasteiger partial charge in [0, 0.05) is 46.0 Å². The first-order valence-corrected chi connectivity index (χ1v) is 16.5. The van der Waals surface area contributed by atoms with Crippen LogP contribution in [-0.4, -0.2) is 39.2 Å². The van der Waals surface area contributed by atoms with Crippen LogP contribution < -0.4 is 5.32 Å². The zero-order valence-electron chi connectivity index (χ0n) is 24.7. The predicted octanol–water partition coefficient (Wildman–Crippen LogP) is 7.81. The fourth-order valence-corrected chi connectivity index (χ4v) is 6.22. The maximum absolute atomic E-state index is 10.5. The highest BCUT2D eigenvalue weighted by atomic mass is 35.5. The second-order valence-corrected chi connectivity index (χ2v) is 13.0. The minimum atomic E-state index is -4.02. The van der Waals surface area contributed by atoms with Crippen molar-refractivity contribution >= 4 is 21.7 Å². The highest BCUT2D eigenvalue weighted by Crippen LogP contribution is 2.41. The number of nitrogens with zero attached hydrogens (tertiary/aromatic N) is 3. The average Bonchev–Trinajstić information content (AvgIpc) is 3.48. The quantitative estimate of drug-likeness (QED) is 0.157. The van der Waals surface area contributed by atoms with E-state index in [1.165, 1.54) is 23.4 Å². The maximum atomic E-state index is 10.5. The topological polar surface area (TPSA) is 121 Å². The van der Waals surface area contributed by atoms with Crippen molar-refractivity contribution in [3.05, 3.63) is 119 Å². The van der Waals surface area contributed by atoms with Crippen LogP contribution in [0.4, 0.5) is 0 Å². The van der Waals surface area contributed by atoms with Gasteiger partial charge < -0.3 is 5.32 Å². The molecule has 0 aliphatic heterocycles. The lowest BCUT2D eigenvalue weighted by atomic mass is 9.81. The Kier molecular flexibility index (Phi) is 10.2. The molecule has 0 unspecified atom stereocenters. The molecule has 6 rings (SSSR count). The van der Waals surface area contributed by atoms with Gasteiger partial charge in [0.05, 0.1) is 10.6 Å². The minimum Gasteiger partial charge on any atom is -0.307 e. The molecule has 1 saturated carbocycles. The summed E-state index contributed by atoms with van der Waals surface area (Å²) in [5, 5.41) is 12.7. The molecule has 0 amide bonds. The molecule has 3 N–H and O–H groups in total. The van der Waals surface area contributed by atoms with E-state index in [2.05, 4.69) is 57.6 Å². The van der Waals surface area contributed by atoms with Crippen LogP contribution in [0.1, 0.15) is 61.4 Å². The summed E-state index contributed by atoms with van der Waals surface area (Å²) in [5.41, 5.74) is 7.39. The van der Waals surface area contributed by atoms with Crippen LogP contribution in [0.25, 0.3) is 22.5 Å². The molecule has 5 aromatic rings. The van der Waals surface area contributed by atoms with E-state index in [4.69, 9.17) is 21.3 Å². The van der Waals surface area contributed by atoms with E-state index in [0.29, 0.717) is 23.0 Å². The van der Waals surface area contributed by atoms with E-state index in [-0.39, 0.29) is 4.90 Å². The van der Waals surface area contributed by atoms with Gasteiger partial charge in [0.2, 0.25) is 0 Å². The van der Waals surface area contributed by atoms with Crippen molar-refractivity contribution in [2.45, 2.75) is 62.4 Å². The van der Waals surface area contributed by atoms with Crippen LogP contribution in [0.3, 0.4) is 0 Å². The fourth-order valence-electron chi connectivity index (χ4n) is 5.62. The average molecular weight is 630 g/mol. The summed E-state index contributed by atoms with van der Waals surface area (Å²) < 4.78 is 29.6. The Bertz CT molecular complexity index is 1740. The van der Waals surface area contributed by atoms with Gasteiger partial charge in [-0.25, -0.2) is 9.97 Å². The fraction of sp³-hybridized carbons (Fsp3) is 0.265. The van der Waals surface area contributed by atoms with Crippen molar-refractivity contribution in [1.29, 1.82) is 0 Å². The number of H-pyrrole nitrogens is 1. The number of aromatic amines is 1. The summed E-state index contributed by atoms with van der Waals surface area (Å²) in [6, 6.07) is 27.3. The molecule has 0 bridgehead atoms. The predicted molar refractivity (Wildman–Crippen MR) is 174 cm³/mol. The van der Waals surface area contributed by atoms with Crippen LogP contribution in [0.5, 0.6) is 0 Å². The highest BCUT2D eigenvalue weighted by molar-refractivity contribution is 7.85.